The van der Waals surface area contributed by atoms with E-state index in [1.807, 2.05) is 62.4 Å². The number of carbonyl (C=O) groups excluding carboxylic acids is 1. The number of benzene rings is 2. The number of H-pyrrole nitrogens is 1. The van der Waals surface area contributed by atoms with Gasteiger partial charge in [-0.2, -0.15) is 0 Å². The molecule has 0 fully saturated rings. The molecule has 1 N–H and O–H groups in total. The summed E-state index contributed by atoms with van der Waals surface area (Å²) >= 11 is 0. The normalized spacial score (nSPS) is 10.9. The number of carbonyl (C=O) groups is 1. The average Bonchev–Trinajstić information content (AvgIpc) is 3.11. The Balaban J connectivity index is 1.87. The highest BCUT2D eigenvalue weighted by atomic mass is 16.5. The quantitative estimate of drug-likeness (QED) is 0.395. The van der Waals surface area contributed by atoms with E-state index in [-0.39, 0.29) is 18.4 Å². The first kappa shape index (κ1) is 19.7. The van der Waals surface area contributed by atoms with Gasteiger partial charge in [-0.1, -0.05) is 30.0 Å². The van der Waals surface area contributed by atoms with Crippen LogP contribution < -0.4 is 0 Å². The fourth-order valence-electron chi connectivity index (χ4n) is 3.43. The lowest BCUT2D eigenvalue weighted by Gasteiger charge is -2.11. The number of nitrogens with one attached hydrogen (secondary N) is 1. The molecule has 2 aromatic heterocycles. The molecule has 0 saturated carbocycles. The van der Waals surface area contributed by atoms with Gasteiger partial charge in [-0.25, -0.2) is 9.78 Å². The Morgan fingerprint density at radius 2 is 1.83 bits per heavy atom. The lowest BCUT2D eigenvalue weighted by atomic mass is 10.0. The van der Waals surface area contributed by atoms with Gasteiger partial charge in [0.2, 0.25) is 0 Å². The van der Waals surface area contributed by atoms with Crippen molar-refractivity contribution in [3.05, 3.63) is 77.1 Å². The number of nitrogens with zero attached hydrogens (tertiary/aromatic N) is 1. The van der Waals surface area contributed by atoms with Crippen molar-refractivity contribution in [1.29, 1.82) is 0 Å². The Kier molecular flexibility index (Phi) is 5.51. The van der Waals surface area contributed by atoms with Crippen LogP contribution in [0, 0.1) is 11.8 Å². The van der Waals surface area contributed by atoms with Gasteiger partial charge in [-0.15, -0.1) is 0 Å². The zero-order valence-corrected chi connectivity index (χ0v) is 17.2. The van der Waals surface area contributed by atoms with Crippen molar-refractivity contribution in [3.63, 3.8) is 0 Å². The molecule has 4 rings (SSSR count). The first-order valence-corrected chi connectivity index (χ1v) is 9.77. The number of esters is 1. The van der Waals surface area contributed by atoms with Gasteiger partial charge in [0.05, 0.1) is 24.4 Å². The molecular weight excluding hydrogens is 376 g/mol. The van der Waals surface area contributed by atoms with Crippen molar-refractivity contribution >= 4 is 27.8 Å². The van der Waals surface area contributed by atoms with Gasteiger partial charge in [0, 0.05) is 40.1 Å². The maximum Gasteiger partial charge on any atom is 0.357 e. The molecule has 2 aromatic carbocycles. The van der Waals surface area contributed by atoms with Crippen LogP contribution in [-0.2, 0) is 16.1 Å². The Bertz CT molecular complexity index is 1280. The lowest BCUT2D eigenvalue weighted by Crippen LogP contribution is -2.15. The number of hydrogen-bond donors (Lipinski definition) is 1. The molecule has 0 radical (unpaired) electrons. The predicted molar refractivity (Wildman–Crippen MR) is 117 cm³/mol. The SMILES string of the molecule is COCc1c(C(=O)OC(C)C)ncc2[nH]c3ccc(C#Cc4ccccc4)cc3c12. The fraction of sp³-hybridized carbons (Fsp3) is 0.200. The van der Waals surface area contributed by atoms with Crippen LogP contribution in [0.25, 0.3) is 21.8 Å². The second-order valence-electron chi connectivity index (χ2n) is 7.26. The van der Waals surface area contributed by atoms with Gasteiger partial charge in [-0.05, 0) is 44.2 Å². The van der Waals surface area contributed by atoms with Crippen LogP contribution in [-0.4, -0.2) is 29.2 Å². The van der Waals surface area contributed by atoms with Crippen molar-refractivity contribution in [1.82, 2.24) is 9.97 Å². The minimum atomic E-state index is -0.451. The number of rotatable bonds is 4. The third-order valence-corrected chi connectivity index (χ3v) is 4.69. The summed E-state index contributed by atoms with van der Waals surface area (Å²) in [6, 6.07) is 15.9. The van der Waals surface area contributed by atoms with Crippen LogP contribution in [0.2, 0.25) is 0 Å². The average molecular weight is 398 g/mol. The van der Waals surface area contributed by atoms with E-state index in [0.717, 1.165) is 32.9 Å². The maximum atomic E-state index is 12.6. The highest BCUT2D eigenvalue weighted by Crippen LogP contribution is 2.31. The van der Waals surface area contributed by atoms with Gasteiger partial charge in [0.15, 0.2) is 5.69 Å². The van der Waals surface area contributed by atoms with Crippen molar-refractivity contribution < 1.29 is 14.3 Å². The molecule has 0 spiro atoms. The van der Waals surface area contributed by atoms with E-state index in [4.69, 9.17) is 9.47 Å². The van der Waals surface area contributed by atoms with E-state index in [1.54, 1.807) is 13.3 Å². The second kappa shape index (κ2) is 8.40. The van der Waals surface area contributed by atoms with E-state index in [9.17, 15) is 4.79 Å². The zero-order chi connectivity index (χ0) is 21.1. The summed E-state index contributed by atoms with van der Waals surface area (Å²) in [4.78, 5) is 20.3. The number of ether oxygens (including phenoxy) is 2. The maximum absolute atomic E-state index is 12.6. The Hall–Kier alpha value is -3.62. The lowest BCUT2D eigenvalue weighted by molar-refractivity contribution is 0.0366. The molecule has 0 amide bonds. The third-order valence-electron chi connectivity index (χ3n) is 4.69. The Morgan fingerprint density at radius 1 is 1.07 bits per heavy atom. The molecule has 0 aliphatic rings. The summed E-state index contributed by atoms with van der Waals surface area (Å²) in [5.41, 5.74) is 4.62. The zero-order valence-electron chi connectivity index (χ0n) is 17.2. The van der Waals surface area contributed by atoms with E-state index in [2.05, 4.69) is 21.8 Å². The number of aromatic nitrogens is 2. The number of hydrogen-bond acceptors (Lipinski definition) is 4. The molecule has 150 valence electrons. The number of methoxy groups -OCH3 is 1. The Morgan fingerprint density at radius 3 is 2.57 bits per heavy atom. The molecule has 0 aliphatic carbocycles. The van der Waals surface area contributed by atoms with E-state index in [0.29, 0.717) is 5.56 Å². The molecule has 30 heavy (non-hydrogen) atoms. The summed E-state index contributed by atoms with van der Waals surface area (Å²) in [5, 5.41) is 1.87. The van der Waals surface area contributed by atoms with Crippen LogP contribution in [0.5, 0.6) is 0 Å². The van der Waals surface area contributed by atoms with Gasteiger partial charge in [0.25, 0.3) is 0 Å². The van der Waals surface area contributed by atoms with Gasteiger partial charge < -0.3 is 14.5 Å². The summed E-state index contributed by atoms with van der Waals surface area (Å²) in [7, 11) is 1.60. The number of pyridine rings is 1. The van der Waals surface area contributed by atoms with Crippen molar-refractivity contribution in [2.45, 2.75) is 26.6 Å². The standard InChI is InChI=1S/C25H22N2O3/c1-16(2)30-25(28)24-20(15-29-3)23-19-13-18(10-9-17-7-5-4-6-8-17)11-12-21(19)27-22(23)14-26-24/h4-8,11-14,16,27H,15H2,1-3H3. The van der Waals surface area contributed by atoms with Gasteiger partial charge in [-0.3, -0.25) is 0 Å². The van der Waals surface area contributed by atoms with E-state index >= 15 is 0 Å². The smallest absolute Gasteiger partial charge is 0.357 e. The minimum absolute atomic E-state index is 0.228. The number of fused-ring (bicyclic) bond motifs is 3. The molecule has 4 aromatic rings. The number of aromatic amines is 1. The first-order chi connectivity index (χ1) is 14.6. The largest absolute Gasteiger partial charge is 0.458 e. The van der Waals surface area contributed by atoms with Crippen molar-refractivity contribution in [3.8, 4) is 11.8 Å². The molecule has 0 saturated heterocycles. The summed E-state index contributed by atoms with van der Waals surface area (Å²) in [5.74, 6) is 5.95. The molecule has 5 nitrogen and oxygen atoms in total. The molecular formula is C25H22N2O3. The molecule has 0 atom stereocenters. The fourth-order valence-corrected chi connectivity index (χ4v) is 3.43. The van der Waals surface area contributed by atoms with Crippen LogP contribution in [0.15, 0.2) is 54.7 Å². The highest BCUT2D eigenvalue weighted by Gasteiger charge is 2.21. The Labute approximate surface area is 175 Å². The van der Waals surface area contributed by atoms with Gasteiger partial charge in [0.1, 0.15) is 0 Å². The van der Waals surface area contributed by atoms with Gasteiger partial charge >= 0.3 is 5.97 Å². The third kappa shape index (κ3) is 3.91. The topological polar surface area (TPSA) is 64.2 Å². The van der Waals surface area contributed by atoms with Crippen LogP contribution in [0.3, 0.4) is 0 Å². The van der Waals surface area contributed by atoms with Crippen molar-refractivity contribution in [2.75, 3.05) is 7.11 Å². The minimum Gasteiger partial charge on any atom is -0.458 e. The van der Waals surface area contributed by atoms with Crippen LogP contribution in [0.1, 0.15) is 41.0 Å². The molecule has 0 aliphatic heterocycles. The van der Waals surface area contributed by atoms with Crippen LogP contribution in [0.4, 0.5) is 0 Å². The van der Waals surface area contributed by atoms with E-state index in [1.165, 1.54) is 0 Å². The molecule has 5 heteroatoms. The molecule has 2 heterocycles. The first-order valence-electron chi connectivity index (χ1n) is 9.77. The summed E-state index contributed by atoms with van der Waals surface area (Å²) < 4.78 is 10.8. The monoisotopic (exact) mass is 398 g/mol. The summed E-state index contributed by atoms with van der Waals surface area (Å²) in [6.07, 6.45) is 1.44. The van der Waals surface area contributed by atoms with Crippen LogP contribution >= 0.6 is 0 Å². The highest BCUT2D eigenvalue weighted by molar-refractivity contribution is 6.11. The summed E-state index contributed by atoms with van der Waals surface area (Å²) in [6.45, 7) is 3.88. The second-order valence-corrected chi connectivity index (χ2v) is 7.26. The molecule has 0 unspecified atom stereocenters. The van der Waals surface area contributed by atoms with Crippen molar-refractivity contribution in [2.24, 2.45) is 0 Å². The molecule has 0 bridgehead atoms. The predicted octanol–water partition coefficient (Wildman–Crippen LogP) is 4.83. The van der Waals surface area contributed by atoms with E-state index < -0.39 is 5.97 Å².